The molecule has 124 valence electrons. The second kappa shape index (κ2) is 5.85. The molecule has 0 aliphatic heterocycles. The van der Waals surface area contributed by atoms with Crippen molar-refractivity contribution in [2.75, 3.05) is 0 Å². The van der Waals surface area contributed by atoms with Crippen molar-refractivity contribution in [3.63, 3.8) is 0 Å². The minimum atomic E-state index is -1.58. The van der Waals surface area contributed by atoms with Crippen LogP contribution >= 0.6 is 0 Å². The number of allylic oxidation sites excluding steroid dienone is 2. The molecule has 0 spiro atoms. The van der Waals surface area contributed by atoms with Crippen LogP contribution in [0, 0.1) is 0 Å². The van der Waals surface area contributed by atoms with Gasteiger partial charge in [-0.3, -0.25) is 0 Å². The van der Waals surface area contributed by atoms with E-state index in [-0.39, 0.29) is 5.04 Å². The van der Waals surface area contributed by atoms with Crippen LogP contribution in [0.1, 0.15) is 16.7 Å². The van der Waals surface area contributed by atoms with Crippen molar-refractivity contribution in [2.24, 2.45) is 0 Å². The molecule has 25 heavy (non-hydrogen) atoms. The average molecular weight is 341 g/mol. The highest BCUT2D eigenvalue weighted by Gasteiger charge is 2.62. The maximum atomic E-state index is 2.50. The summed E-state index contributed by atoms with van der Waals surface area (Å²) in [5.74, 6) is 0. The summed E-state index contributed by atoms with van der Waals surface area (Å²) in [6.07, 6.45) is 0. The lowest BCUT2D eigenvalue weighted by Crippen LogP contribution is -2.42. The van der Waals surface area contributed by atoms with Crippen LogP contribution in [0.2, 0.25) is 19.6 Å². The van der Waals surface area contributed by atoms with Crippen LogP contribution in [0.3, 0.4) is 0 Å². The van der Waals surface area contributed by atoms with E-state index in [0.717, 1.165) is 0 Å². The zero-order chi connectivity index (χ0) is 17.5. The van der Waals surface area contributed by atoms with Crippen LogP contribution < -0.4 is 0 Å². The number of hydrogen-bond donors (Lipinski definition) is 0. The topological polar surface area (TPSA) is 0 Å². The van der Waals surface area contributed by atoms with Crippen molar-refractivity contribution < 1.29 is 0 Å². The third-order valence-corrected chi connectivity index (χ3v) is 8.43. The molecule has 0 amide bonds. The van der Waals surface area contributed by atoms with Gasteiger partial charge in [-0.2, -0.15) is 0 Å². The highest BCUT2D eigenvalue weighted by Crippen LogP contribution is 2.68. The van der Waals surface area contributed by atoms with E-state index >= 15 is 0 Å². The van der Waals surface area contributed by atoms with Crippen LogP contribution in [0.25, 0.3) is 11.1 Å². The molecule has 0 aromatic heterocycles. The molecule has 0 heterocycles. The van der Waals surface area contributed by atoms with E-state index in [1.165, 1.54) is 27.8 Å². The molecule has 0 nitrogen and oxygen atoms in total. The number of rotatable bonds is 4. The molecule has 0 atom stereocenters. The van der Waals surface area contributed by atoms with Crippen LogP contribution in [0.5, 0.6) is 0 Å². The Morgan fingerprint density at radius 2 is 0.880 bits per heavy atom. The van der Waals surface area contributed by atoms with Gasteiger partial charge in [-0.25, -0.2) is 0 Å². The summed E-state index contributed by atoms with van der Waals surface area (Å²) in [4.78, 5) is 0. The third kappa shape index (κ3) is 2.42. The van der Waals surface area contributed by atoms with Crippen LogP contribution in [-0.2, 0) is 5.04 Å². The summed E-state index contributed by atoms with van der Waals surface area (Å²) in [6, 6.07) is 33.0. The highest BCUT2D eigenvalue weighted by molar-refractivity contribution is 6.86. The maximum Gasteiger partial charge on any atom is 0.0669 e. The van der Waals surface area contributed by atoms with E-state index in [4.69, 9.17) is 0 Å². The quantitative estimate of drug-likeness (QED) is 0.480. The lowest BCUT2D eigenvalue weighted by Gasteiger charge is -2.34. The normalized spacial score (nSPS) is 16.0. The predicted octanol–water partition coefficient (Wildman–Crippen LogP) is 6.43. The molecule has 3 aromatic rings. The molecular weight excluding hydrogens is 316 g/mol. The van der Waals surface area contributed by atoms with Crippen LogP contribution in [0.4, 0.5) is 0 Å². The lowest BCUT2D eigenvalue weighted by atomic mass is 10.00. The van der Waals surface area contributed by atoms with E-state index < -0.39 is 8.07 Å². The summed E-state index contributed by atoms with van der Waals surface area (Å²) >= 11 is 0. The summed E-state index contributed by atoms with van der Waals surface area (Å²) < 4.78 is 0. The molecule has 0 bridgehead atoms. The molecule has 1 aliphatic carbocycles. The lowest BCUT2D eigenvalue weighted by molar-refractivity contribution is 1.06. The Kier molecular flexibility index (Phi) is 3.77. The van der Waals surface area contributed by atoms with Crippen molar-refractivity contribution in [3.8, 4) is 0 Å². The second-order valence-corrected chi connectivity index (χ2v) is 13.1. The van der Waals surface area contributed by atoms with Gasteiger partial charge in [0.25, 0.3) is 0 Å². The van der Waals surface area contributed by atoms with Gasteiger partial charge < -0.3 is 0 Å². The Balaban J connectivity index is 1.99. The molecule has 0 saturated carbocycles. The maximum absolute atomic E-state index is 2.50. The molecule has 3 aromatic carbocycles. The van der Waals surface area contributed by atoms with Crippen LogP contribution in [-0.4, -0.2) is 8.07 Å². The SMILES string of the molecule is C[Si](C)(C)C1(c2ccccc2)C(c2ccccc2)=C1c1ccccc1. The van der Waals surface area contributed by atoms with E-state index in [1.54, 1.807) is 0 Å². The summed E-state index contributed by atoms with van der Waals surface area (Å²) in [6.45, 7) is 7.50. The molecule has 0 saturated heterocycles. The van der Waals surface area contributed by atoms with Gasteiger partial charge >= 0.3 is 0 Å². The van der Waals surface area contributed by atoms with E-state index in [2.05, 4.69) is 111 Å². The Morgan fingerprint density at radius 3 is 1.24 bits per heavy atom. The minimum Gasteiger partial charge on any atom is -0.0682 e. The molecule has 0 N–H and O–H groups in total. The summed E-state index contributed by atoms with van der Waals surface area (Å²) in [5, 5.41) is 0.0942. The standard InChI is InChI=1S/C24H24Si/c1-25(2,3)24(21-17-11-6-12-18-21)22(19-13-7-4-8-14-19)23(24)20-15-9-5-10-16-20/h4-18H,1-3H3. The zero-order valence-electron chi connectivity index (χ0n) is 15.2. The second-order valence-electron chi connectivity index (χ2n) is 7.85. The van der Waals surface area contributed by atoms with Gasteiger partial charge in [0.2, 0.25) is 0 Å². The first-order valence-corrected chi connectivity index (χ1v) is 12.5. The van der Waals surface area contributed by atoms with E-state index in [0.29, 0.717) is 0 Å². The van der Waals surface area contributed by atoms with E-state index in [9.17, 15) is 0 Å². The van der Waals surface area contributed by atoms with Gasteiger partial charge in [-0.1, -0.05) is 111 Å². The highest BCUT2D eigenvalue weighted by atomic mass is 28.3. The number of hydrogen-bond acceptors (Lipinski definition) is 0. The smallest absolute Gasteiger partial charge is 0.0669 e. The molecular formula is C24H24Si. The Labute approximate surface area is 151 Å². The Hall–Kier alpha value is -2.38. The summed E-state index contributed by atoms with van der Waals surface area (Å²) in [7, 11) is -1.58. The molecule has 4 rings (SSSR count). The first kappa shape index (κ1) is 16.1. The van der Waals surface area contributed by atoms with E-state index in [1.807, 2.05) is 0 Å². The van der Waals surface area contributed by atoms with Gasteiger partial charge in [-0.05, 0) is 27.8 Å². The molecule has 0 radical (unpaired) electrons. The third-order valence-electron chi connectivity index (χ3n) is 5.39. The number of benzene rings is 3. The fourth-order valence-corrected chi connectivity index (χ4v) is 7.38. The Morgan fingerprint density at radius 1 is 0.520 bits per heavy atom. The van der Waals surface area contributed by atoms with Crippen molar-refractivity contribution in [1.29, 1.82) is 0 Å². The van der Waals surface area contributed by atoms with Gasteiger partial charge in [0.05, 0.1) is 8.07 Å². The fourth-order valence-electron chi connectivity index (χ4n) is 4.37. The molecule has 1 heteroatoms. The fraction of sp³-hybridized carbons (Fsp3) is 0.167. The van der Waals surface area contributed by atoms with Crippen molar-refractivity contribution in [1.82, 2.24) is 0 Å². The van der Waals surface area contributed by atoms with Crippen molar-refractivity contribution in [2.45, 2.75) is 24.7 Å². The van der Waals surface area contributed by atoms with Gasteiger partial charge in [-0.15, -0.1) is 0 Å². The Bertz CT molecular complexity index is 851. The average Bonchev–Trinajstić information content (AvgIpc) is 3.36. The molecule has 1 aliphatic rings. The molecule has 0 fully saturated rings. The monoisotopic (exact) mass is 340 g/mol. The van der Waals surface area contributed by atoms with Gasteiger partial charge in [0, 0.05) is 5.04 Å². The largest absolute Gasteiger partial charge is 0.0682 e. The van der Waals surface area contributed by atoms with Gasteiger partial charge in [0.15, 0.2) is 0 Å². The van der Waals surface area contributed by atoms with Crippen molar-refractivity contribution >= 4 is 19.2 Å². The van der Waals surface area contributed by atoms with Crippen LogP contribution in [0.15, 0.2) is 91.0 Å². The van der Waals surface area contributed by atoms with Gasteiger partial charge in [0.1, 0.15) is 0 Å². The molecule has 0 unspecified atom stereocenters. The summed E-state index contributed by atoms with van der Waals surface area (Å²) in [5.41, 5.74) is 7.25. The van der Waals surface area contributed by atoms with Crippen molar-refractivity contribution in [3.05, 3.63) is 108 Å². The first-order valence-electron chi connectivity index (χ1n) is 8.98. The zero-order valence-corrected chi connectivity index (χ0v) is 16.2. The first-order chi connectivity index (χ1) is 12.1. The predicted molar refractivity (Wildman–Crippen MR) is 111 cm³/mol. The minimum absolute atomic E-state index is 0.0942.